The SMILES string of the molecule is O=C(Nc1c(Br)cc(C(O)(O)F)cc1C(F)(F)F)c1cccc(N(CC2CC2)C(=O)c2ccc(Cl)nc2)c1F. The normalized spacial score (nSPS) is 13.8. The quantitative estimate of drug-likeness (QED) is 0.167. The van der Waals surface area contributed by atoms with Crippen molar-refractivity contribution in [2.75, 3.05) is 16.8 Å². The van der Waals surface area contributed by atoms with Crippen molar-refractivity contribution in [2.45, 2.75) is 25.1 Å². The van der Waals surface area contributed by atoms with Crippen LogP contribution in [0.5, 0.6) is 0 Å². The summed E-state index contributed by atoms with van der Waals surface area (Å²) in [7, 11) is 0. The van der Waals surface area contributed by atoms with Gasteiger partial charge in [0.25, 0.3) is 11.8 Å². The molecule has 0 saturated heterocycles. The van der Waals surface area contributed by atoms with Gasteiger partial charge in [-0.1, -0.05) is 17.7 Å². The third-order valence-electron chi connectivity index (χ3n) is 5.87. The Morgan fingerprint density at radius 1 is 1.13 bits per heavy atom. The standard InChI is InChI=1S/C25H18BrClF5N3O4/c26-17-9-14(25(32,38)39)8-16(24(29,30)31)21(17)34-22(36)15-2-1-3-18(20(15)28)35(11-12-4-5-12)23(37)13-6-7-19(27)33-10-13/h1-3,6-10,12,38-39H,4-5,11H2,(H,34,36). The molecule has 0 atom stereocenters. The minimum absolute atomic E-state index is 0.0931. The maximum absolute atomic E-state index is 15.7. The molecule has 3 aromatic rings. The molecule has 1 aliphatic carbocycles. The molecule has 0 unspecified atom stereocenters. The van der Waals surface area contributed by atoms with Gasteiger partial charge in [-0.2, -0.15) is 17.6 Å². The van der Waals surface area contributed by atoms with Crippen LogP contribution in [0, 0.1) is 11.7 Å². The Hall–Kier alpha value is -3.13. The van der Waals surface area contributed by atoms with Gasteiger partial charge in [0.15, 0.2) is 5.82 Å². The number of nitrogens with one attached hydrogen (secondary N) is 1. The lowest BCUT2D eigenvalue weighted by Gasteiger charge is -2.24. The molecule has 1 fully saturated rings. The molecule has 1 aliphatic rings. The number of carbonyl (C=O) groups is 2. The van der Waals surface area contributed by atoms with E-state index >= 15 is 4.39 Å². The number of hydrogen-bond acceptors (Lipinski definition) is 5. The summed E-state index contributed by atoms with van der Waals surface area (Å²) in [5, 5.41) is 20.3. The Kier molecular flexibility index (Phi) is 7.99. The Balaban J connectivity index is 1.71. The van der Waals surface area contributed by atoms with Gasteiger partial charge in [-0.05, 0) is 71.1 Å². The number of rotatable bonds is 7. The van der Waals surface area contributed by atoms with Crippen LogP contribution in [0.3, 0.4) is 0 Å². The van der Waals surface area contributed by atoms with Crippen LogP contribution in [0.1, 0.15) is 44.7 Å². The molecule has 4 rings (SSSR count). The van der Waals surface area contributed by atoms with E-state index in [4.69, 9.17) is 21.8 Å². The molecule has 206 valence electrons. The number of alkyl halides is 4. The molecule has 14 heteroatoms. The molecule has 3 N–H and O–H groups in total. The average Bonchev–Trinajstić information content (AvgIpc) is 3.67. The molecule has 39 heavy (non-hydrogen) atoms. The summed E-state index contributed by atoms with van der Waals surface area (Å²) >= 11 is 8.54. The summed E-state index contributed by atoms with van der Waals surface area (Å²) < 4.78 is 69.8. The summed E-state index contributed by atoms with van der Waals surface area (Å²) in [6, 6.07) is 2.94. The number of hydrogen-bond donors (Lipinski definition) is 3. The zero-order chi connectivity index (χ0) is 28.7. The molecule has 0 bridgehead atoms. The van der Waals surface area contributed by atoms with Gasteiger partial charge < -0.3 is 20.4 Å². The molecular formula is C25H18BrClF5N3O4. The van der Waals surface area contributed by atoms with Crippen LogP contribution >= 0.6 is 27.5 Å². The summed E-state index contributed by atoms with van der Waals surface area (Å²) in [5.41, 5.74) is -4.54. The minimum Gasteiger partial charge on any atom is -0.336 e. The second kappa shape index (κ2) is 10.8. The van der Waals surface area contributed by atoms with E-state index in [1.807, 2.05) is 5.32 Å². The molecular weight excluding hydrogens is 617 g/mol. The van der Waals surface area contributed by atoms with Gasteiger partial charge in [0.05, 0.1) is 28.1 Å². The van der Waals surface area contributed by atoms with Gasteiger partial charge in [0.2, 0.25) is 0 Å². The zero-order valence-corrected chi connectivity index (χ0v) is 21.9. The number of aliphatic hydroxyl groups is 2. The second-order valence-electron chi connectivity index (χ2n) is 8.79. The zero-order valence-electron chi connectivity index (χ0n) is 19.6. The van der Waals surface area contributed by atoms with Crippen molar-refractivity contribution < 1.29 is 41.8 Å². The van der Waals surface area contributed by atoms with E-state index in [1.165, 1.54) is 30.5 Å². The molecule has 1 aromatic heterocycles. The van der Waals surface area contributed by atoms with Crippen LogP contribution in [0.15, 0.2) is 53.1 Å². The Morgan fingerprint density at radius 3 is 2.38 bits per heavy atom. The van der Waals surface area contributed by atoms with Gasteiger partial charge in [-0.25, -0.2) is 9.37 Å². The lowest BCUT2D eigenvalue weighted by Crippen LogP contribution is -2.34. The predicted molar refractivity (Wildman–Crippen MR) is 134 cm³/mol. The Bertz CT molecular complexity index is 1430. The smallest absolute Gasteiger partial charge is 0.336 e. The number of halogens is 7. The molecule has 0 radical (unpaired) electrons. The lowest BCUT2D eigenvalue weighted by atomic mass is 10.1. The van der Waals surface area contributed by atoms with E-state index in [-0.39, 0.29) is 34.9 Å². The molecule has 0 spiro atoms. The molecule has 2 amide bonds. The van der Waals surface area contributed by atoms with Crippen LogP contribution in [-0.4, -0.2) is 33.6 Å². The largest absolute Gasteiger partial charge is 0.418 e. The van der Waals surface area contributed by atoms with E-state index in [1.54, 1.807) is 0 Å². The average molecular weight is 635 g/mol. The van der Waals surface area contributed by atoms with Gasteiger partial charge in [-0.3, -0.25) is 9.59 Å². The first-order chi connectivity index (χ1) is 18.2. The number of anilines is 2. The monoisotopic (exact) mass is 633 g/mol. The van der Waals surface area contributed by atoms with Crippen molar-refractivity contribution in [2.24, 2.45) is 5.92 Å². The van der Waals surface area contributed by atoms with Crippen LogP contribution in [-0.2, 0) is 12.2 Å². The fourth-order valence-electron chi connectivity index (χ4n) is 3.73. The topological polar surface area (TPSA) is 103 Å². The summed E-state index contributed by atoms with van der Waals surface area (Å²) in [5.74, 6) is -3.00. The number of benzene rings is 2. The summed E-state index contributed by atoms with van der Waals surface area (Å²) in [4.78, 5) is 31.2. The van der Waals surface area contributed by atoms with Gasteiger partial charge in [0.1, 0.15) is 5.15 Å². The van der Waals surface area contributed by atoms with E-state index in [9.17, 15) is 27.2 Å². The van der Waals surface area contributed by atoms with Crippen LogP contribution < -0.4 is 10.2 Å². The molecule has 1 saturated carbocycles. The summed E-state index contributed by atoms with van der Waals surface area (Å²) in [6.45, 7) is 0.127. The number of aromatic nitrogens is 1. The van der Waals surface area contributed by atoms with Crippen LogP contribution in [0.2, 0.25) is 5.15 Å². The molecule has 0 aliphatic heterocycles. The molecule has 2 aromatic carbocycles. The highest BCUT2D eigenvalue weighted by molar-refractivity contribution is 9.10. The van der Waals surface area contributed by atoms with E-state index in [0.717, 1.165) is 23.8 Å². The maximum Gasteiger partial charge on any atom is 0.418 e. The van der Waals surface area contributed by atoms with Crippen LogP contribution in [0.4, 0.5) is 33.3 Å². The molecule has 7 nitrogen and oxygen atoms in total. The fraction of sp³-hybridized carbons (Fsp3) is 0.240. The van der Waals surface area contributed by atoms with Crippen LogP contribution in [0.25, 0.3) is 0 Å². The molecule has 1 heterocycles. The lowest BCUT2D eigenvalue weighted by molar-refractivity contribution is -0.270. The van der Waals surface area contributed by atoms with E-state index in [0.29, 0.717) is 6.07 Å². The number of carbonyl (C=O) groups excluding carboxylic acids is 2. The second-order valence-corrected chi connectivity index (χ2v) is 10.0. The van der Waals surface area contributed by atoms with Gasteiger partial charge in [-0.15, -0.1) is 0 Å². The van der Waals surface area contributed by atoms with Crippen molar-refractivity contribution in [1.29, 1.82) is 0 Å². The van der Waals surface area contributed by atoms with Crippen molar-refractivity contribution >= 4 is 50.7 Å². The van der Waals surface area contributed by atoms with Crippen molar-refractivity contribution in [1.82, 2.24) is 4.98 Å². The number of pyridine rings is 1. The minimum atomic E-state index is -5.17. The van der Waals surface area contributed by atoms with Crippen molar-refractivity contribution in [3.63, 3.8) is 0 Å². The fourth-order valence-corrected chi connectivity index (χ4v) is 4.40. The highest BCUT2D eigenvalue weighted by Crippen LogP contribution is 2.42. The highest BCUT2D eigenvalue weighted by atomic mass is 79.9. The Morgan fingerprint density at radius 2 is 1.82 bits per heavy atom. The van der Waals surface area contributed by atoms with E-state index < -0.39 is 56.7 Å². The van der Waals surface area contributed by atoms with Gasteiger partial charge in [0, 0.05) is 22.8 Å². The highest BCUT2D eigenvalue weighted by Gasteiger charge is 2.39. The first kappa shape index (κ1) is 28.9. The van der Waals surface area contributed by atoms with E-state index in [2.05, 4.69) is 20.9 Å². The van der Waals surface area contributed by atoms with Crippen molar-refractivity contribution in [3.05, 3.63) is 86.4 Å². The van der Waals surface area contributed by atoms with Crippen molar-refractivity contribution in [3.8, 4) is 0 Å². The maximum atomic E-state index is 15.7. The van der Waals surface area contributed by atoms with Gasteiger partial charge >= 0.3 is 12.2 Å². The number of nitrogens with zero attached hydrogens (tertiary/aromatic N) is 2. The summed E-state index contributed by atoms with van der Waals surface area (Å²) in [6.07, 6.45) is -2.36. The predicted octanol–water partition coefficient (Wildman–Crippen LogP) is 6.03. The number of amides is 2. The Labute approximate surface area is 231 Å². The first-order valence-corrected chi connectivity index (χ1v) is 12.4. The third-order valence-corrected chi connectivity index (χ3v) is 6.72. The first-order valence-electron chi connectivity index (χ1n) is 11.2. The third kappa shape index (κ3) is 6.55.